The summed E-state index contributed by atoms with van der Waals surface area (Å²) in [6.07, 6.45) is 1.60. The van der Waals surface area contributed by atoms with Crippen LogP contribution in [0.3, 0.4) is 0 Å². The van der Waals surface area contributed by atoms with Gasteiger partial charge in [-0.25, -0.2) is 9.37 Å². The highest BCUT2D eigenvalue weighted by Crippen LogP contribution is 2.41. The van der Waals surface area contributed by atoms with Crippen LogP contribution in [-0.4, -0.2) is 18.0 Å². The second-order valence-corrected chi connectivity index (χ2v) is 7.36. The number of hydrogen-bond donors (Lipinski definition) is 0. The molecule has 5 rings (SSSR count). The number of pyridine rings is 1. The summed E-state index contributed by atoms with van der Waals surface area (Å²) in [7, 11) is 1.54. The number of halogens is 1. The minimum Gasteiger partial charge on any atom is -0.497 e. The van der Waals surface area contributed by atoms with Gasteiger partial charge in [0.25, 0.3) is 5.91 Å². The highest BCUT2D eigenvalue weighted by molar-refractivity contribution is 6.10. The van der Waals surface area contributed by atoms with Crippen molar-refractivity contribution in [1.29, 1.82) is 0 Å². The van der Waals surface area contributed by atoms with E-state index >= 15 is 0 Å². The second kappa shape index (κ2) is 7.05. The Labute approximate surface area is 176 Å². The lowest BCUT2D eigenvalue weighted by Crippen LogP contribution is -2.30. The van der Waals surface area contributed by atoms with Crippen molar-refractivity contribution in [1.82, 2.24) is 4.98 Å². The summed E-state index contributed by atoms with van der Waals surface area (Å²) < 4.78 is 25.0. The Morgan fingerprint density at radius 2 is 1.94 bits per heavy atom. The van der Waals surface area contributed by atoms with Crippen molar-refractivity contribution in [2.75, 3.05) is 12.0 Å². The Kier molecular flexibility index (Phi) is 4.32. The quantitative estimate of drug-likeness (QED) is 0.495. The maximum Gasteiger partial charge on any atom is 0.296 e. The SMILES string of the molecule is COc1cccc(C2c3c(oc4ccc(F)cc4c3=O)C(=O)N2c2cc(C)ccn2)c1. The largest absolute Gasteiger partial charge is 0.497 e. The third kappa shape index (κ3) is 2.97. The molecule has 1 amide bonds. The minimum atomic E-state index is -0.796. The molecule has 0 bridgehead atoms. The van der Waals surface area contributed by atoms with Gasteiger partial charge >= 0.3 is 0 Å². The van der Waals surface area contributed by atoms with Gasteiger partial charge in [-0.1, -0.05) is 12.1 Å². The summed E-state index contributed by atoms with van der Waals surface area (Å²) in [6.45, 7) is 1.89. The molecule has 0 saturated carbocycles. The summed E-state index contributed by atoms with van der Waals surface area (Å²) in [6, 6.07) is 13.6. The maximum absolute atomic E-state index is 13.9. The Morgan fingerprint density at radius 3 is 2.71 bits per heavy atom. The van der Waals surface area contributed by atoms with Crippen LogP contribution in [0, 0.1) is 12.7 Å². The summed E-state index contributed by atoms with van der Waals surface area (Å²) >= 11 is 0. The number of aromatic nitrogens is 1. The highest BCUT2D eigenvalue weighted by atomic mass is 19.1. The van der Waals surface area contributed by atoms with Gasteiger partial charge in [-0.15, -0.1) is 0 Å². The third-order valence-electron chi connectivity index (χ3n) is 5.39. The van der Waals surface area contributed by atoms with E-state index < -0.39 is 23.2 Å². The number of hydrogen-bond acceptors (Lipinski definition) is 5. The van der Waals surface area contributed by atoms with Crippen LogP contribution in [0.1, 0.15) is 33.3 Å². The van der Waals surface area contributed by atoms with E-state index in [4.69, 9.17) is 9.15 Å². The van der Waals surface area contributed by atoms with Crippen molar-refractivity contribution in [3.8, 4) is 5.75 Å². The highest BCUT2D eigenvalue weighted by Gasteiger charge is 2.44. The van der Waals surface area contributed by atoms with Crippen LogP contribution in [0.25, 0.3) is 11.0 Å². The van der Waals surface area contributed by atoms with Crippen LogP contribution in [0.4, 0.5) is 10.2 Å². The Bertz CT molecular complexity index is 1410. The summed E-state index contributed by atoms with van der Waals surface area (Å²) in [4.78, 5) is 32.7. The number of benzene rings is 2. The fourth-order valence-corrected chi connectivity index (χ4v) is 3.96. The number of amides is 1. The van der Waals surface area contributed by atoms with E-state index in [0.29, 0.717) is 17.1 Å². The van der Waals surface area contributed by atoms with Gasteiger partial charge in [0.05, 0.1) is 24.1 Å². The number of fused-ring (bicyclic) bond motifs is 2. The Morgan fingerprint density at radius 1 is 1.10 bits per heavy atom. The van der Waals surface area contributed by atoms with E-state index in [9.17, 15) is 14.0 Å². The van der Waals surface area contributed by atoms with E-state index in [1.165, 1.54) is 24.1 Å². The van der Waals surface area contributed by atoms with Crippen molar-refractivity contribution in [3.05, 3.63) is 99.3 Å². The monoisotopic (exact) mass is 416 g/mol. The first-order chi connectivity index (χ1) is 15.0. The predicted molar refractivity (Wildman–Crippen MR) is 113 cm³/mol. The fourth-order valence-electron chi connectivity index (χ4n) is 3.96. The Hall–Kier alpha value is -4.00. The number of anilines is 1. The van der Waals surface area contributed by atoms with Crippen LogP contribution in [-0.2, 0) is 0 Å². The molecule has 2 aromatic carbocycles. The molecule has 0 fully saturated rings. The van der Waals surface area contributed by atoms with Crippen molar-refractivity contribution in [2.45, 2.75) is 13.0 Å². The second-order valence-electron chi connectivity index (χ2n) is 7.36. The van der Waals surface area contributed by atoms with Gasteiger partial charge in [-0.05, 0) is 60.5 Å². The summed E-state index contributed by atoms with van der Waals surface area (Å²) in [5.41, 5.74) is 1.41. The van der Waals surface area contributed by atoms with Crippen LogP contribution >= 0.6 is 0 Å². The van der Waals surface area contributed by atoms with Crippen LogP contribution in [0.15, 0.2) is 70.0 Å². The predicted octanol–water partition coefficient (Wildman–Crippen LogP) is 4.39. The maximum atomic E-state index is 13.9. The molecule has 0 radical (unpaired) electrons. The molecular weight excluding hydrogens is 399 g/mol. The molecule has 0 spiro atoms. The van der Waals surface area contributed by atoms with Crippen molar-refractivity contribution < 1.29 is 18.3 Å². The number of nitrogens with zero attached hydrogens (tertiary/aromatic N) is 2. The molecule has 0 saturated heterocycles. The van der Waals surface area contributed by atoms with Crippen molar-refractivity contribution >= 4 is 22.7 Å². The molecule has 31 heavy (non-hydrogen) atoms. The molecule has 1 unspecified atom stereocenters. The Balaban J connectivity index is 1.83. The number of ether oxygens (including phenoxy) is 1. The van der Waals surface area contributed by atoms with Gasteiger partial charge < -0.3 is 9.15 Å². The third-order valence-corrected chi connectivity index (χ3v) is 5.39. The number of rotatable bonds is 3. The van der Waals surface area contributed by atoms with E-state index in [0.717, 1.165) is 11.6 Å². The van der Waals surface area contributed by atoms with Crippen LogP contribution in [0.2, 0.25) is 0 Å². The fraction of sp³-hybridized carbons (Fsp3) is 0.125. The topological polar surface area (TPSA) is 72.6 Å². The smallest absolute Gasteiger partial charge is 0.296 e. The first kappa shape index (κ1) is 19.0. The number of aryl methyl sites for hydroxylation is 1. The zero-order valence-corrected chi connectivity index (χ0v) is 16.8. The molecule has 154 valence electrons. The molecule has 7 heteroatoms. The molecular formula is C24H17FN2O4. The van der Waals surface area contributed by atoms with Gasteiger partial charge in [-0.2, -0.15) is 0 Å². The molecule has 4 aromatic rings. The normalized spacial score (nSPS) is 15.4. The van der Waals surface area contributed by atoms with E-state index in [-0.39, 0.29) is 22.3 Å². The van der Waals surface area contributed by atoms with Gasteiger partial charge in [-0.3, -0.25) is 14.5 Å². The van der Waals surface area contributed by atoms with Gasteiger partial charge in [0, 0.05) is 6.20 Å². The first-order valence-corrected chi connectivity index (χ1v) is 9.64. The van der Waals surface area contributed by atoms with Gasteiger partial charge in [0.2, 0.25) is 5.76 Å². The van der Waals surface area contributed by atoms with E-state index in [1.54, 1.807) is 36.5 Å². The minimum absolute atomic E-state index is 0.0692. The zero-order chi connectivity index (χ0) is 21.7. The van der Waals surface area contributed by atoms with Crippen LogP contribution in [0.5, 0.6) is 5.75 Å². The molecule has 1 aliphatic rings. The van der Waals surface area contributed by atoms with Crippen molar-refractivity contribution in [3.63, 3.8) is 0 Å². The van der Waals surface area contributed by atoms with Crippen molar-refractivity contribution in [2.24, 2.45) is 0 Å². The van der Waals surface area contributed by atoms with Gasteiger partial charge in [0.15, 0.2) is 5.43 Å². The average molecular weight is 416 g/mol. The molecule has 6 nitrogen and oxygen atoms in total. The zero-order valence-electron chi connectivity index (χ0n) is 16.8. The molecule has 1 atom stereocenters. The molecule has 1 aliphatic heterocycles. The lowest BCUT2D eigenvalue weighted by atomic mass is 9.98. The lowest BCUT2D eigenvalue weighted by molar-refractivity contribution is 0.0970. The number of methoxy groups -OCH3 is 1. The molecule has 0 aliphatic carbocycles. The molecule has 0 N–H and O–H groups in total. The molecule has 2 aromatic heterocycles. The lowest BCUT2D eigenvalue weighted by Gasteiger charge is -2.24. The number of carbonyl (C=O) groups excluding carboxylic acids is 1. The standard InChI is InChI=1S/C24H17FN2O4/c1-13-8-9-26-19(10-13)27-21(14-4-3-5-16(11-14)30-2)20-22(28)17-12-15(25)6-7-18(17)31-23(20)24(27)29/h3-12,21H,1-2H3. The van der Waals surface area contributed by atoms with Gasteiger partial charge in [0.1, 0.15) is 23.0 Å². The summed E-state index contributed by atoms with van der Waals surface area (Å²) in [5, 5.41) is 0.0819. The van der Waals surface area contributed by atoms with Crippen LogP contribution < -0.4 is 15.1 Å². The average Bonchev–Trinajstić information content (AvgIpc) is 3.07. The first-order valence-electron chi connectivity index (χ1n) is 9.64. The van der Waals surface area contributed by atoms with E-state index in [2.05, 4.69) is 4.98 Å². The van der Waals surface area contributed by atoms with E-state index in [1.807, 2.05) is 13.0 Å². The molecule has 3 heterocycles. The summed E-state index contributed by atoms with van der Waals surface area (Å²) in [5.74, 6) is -0.144. The number of carbonyl (C=O) groups is 1.